The molecule has 60 valence electrons. The van der Waals surface area contributed by atoms with Crippen molar-refractivity contribution in [1.29, 1.82) is 0 Å². The number of aliphatic hydroxyl groups excluding tert-OH is 2. The van der Waals surface area contributed by atoms with E-state index < -0.39 is 12.9 Å². The number of allylic oxidation sites excluding steroid dienone is 2. The van der Waals surface area contributed by atoms with E-state index >= 15 is 0 Å². The van der Waals surface area contributed by atoms with Crippen molar-refractivity contribution < 1.29 is 20.3 Å². The molecular formula is C6H9BO4. The van der Waals surface area contributed by atoms with Gasteiger partial charge in [-0.25, -0.2) is 0 Å². The maximum Gasteiger partial charge on any atom is 0.491 e. The van der Waals surface area contributed by atoms with E-state index in [1.807, 2.05) is 0 Å². The first-order chi connectivity index (χ1) is 4.95. The SMILES string of the molecule is C=C(O)/C=C(/O)C(=C)B(O)O. The molecule has 0 aromatic heterocycles. The highest BCUT2D eigenvalue weighted by Crippen LogP contribution is 2.06. The summed E-state index contributed by atoms with van der Waals surface area (Å²) in [7, 11) is -1.83. The van der Waals surface area contributed by atoms with Gasteiger partial charge in [0.25, 0.3) is 0 Å². The summed E-state index contributed by atoms with van der Waals surface area (Å²) < 4.78 is 0. The van der Waals surface area contributed by atoms with Gasteiger partial charge in [-0.1, -0.05) is 13.2 Å². The van der Waals surface area contributed by atoms with Crippen LogP contribution in [0.3, 0.4) is 0 Å². The summed E-state index contributed by atoms with van der Waals surface area (Å²) in [5.41, 5.74) is -0.291. The lowest BCUT2D eigenvalue weighted by atomic mass is 9.79. The predicted molar refractivity (Wildman–Crippen MR) is 41.8 cm³/mol. The lowest BCUT2D eigenvalue weighted by Gasteiger charge is -2.01. The minimum absolute atomic E-state index is 0.291. The molecule has 11 heavy (non-hydrogen) atoms. The van der Waals surface area contributed by atoms with E-state index in [0.29, 0.717) is 0 Å². The van der Waals surface area contributed by atoms with Crippen molar-refractivity contribution in [3.05, 3.63) is 36.2 Å². The van der Waals surface area contributed by atoms with Gasteiger partial charge in [0.2, 0.25) is 0 Å². The van der Waals surface area contributed by atoms with E-state index in [4.69, 9.17) is 20.3 Å². The van der Waals surface area contributed by atoms with E-state index in [1.54, 1.807) is 0 Å². The quantitative estimate of drug-likeness (QED) is 0.264. The van der Waals surface area contributed by atoms with Crippen LogP contribution in [0.15, 0.2) is 36.2 Å². The Kier molecular flexibility index (Phi) is 3.43. The molecule has 0 saturated heterocycles. The minimum atomic E-state index is -1.83. The first-order valence-electron chi connectivity index (χ1n) is 2.79. The molecular weight excluding hydrogens is 147 g/mol. The molecule has 0 radical (unpaired) electrons. The van der Waals surface area contributed by atoms with Gasteiger partial charge in [-0.15, -0.1) is 0 Å². The maximum atomic E-state index is 8.88. The van der Waals surface area contributed by atoms with Crippen LogP contribution < -0.4 is 0 Å². The molecule has 0 bridgehead atoms. The summed E-state index contributed by atoms with van der Waals surface area (Å²) in [4.78, 5) is 0. The Morgan fingerprint density at radius 3 is 1.91 bits per heavy atom. The molecule has 0 aliphatic heterocycles. The maximum absolute atomic E-state index is 8.88. The van der Waals surface area contributed by atoms with Crippen LogP contribution in [0.25, 0.3) is 0 Å². The highest BCUT2D eigenvalue weighted by atomic mass is 16.4. The third kappa shape index (κ3) is 3.49. The largest absolute Gasteiger partial charge is 0.508 e. The zero-order valence-electron chi connectivity index (χ0n) is 5.86. The molecule has 0 aliphatic rings. The molecule has 0 aliphatic carbocycles. The number of hydrogen-bond donors (Lipinski definition) is 4. The van der Waals surface area contributed by atoms with E-state index in [9.17, 15) is 0 Å². The topological polar surface area (TPSA) is 80.9 Å². The molecule has 4 nitrogen and oxygen atoms in total. The van der Waals surface area contributed by atoms with E-state index in [1.165, 1.54) is 0 Å². The second-order valence-electron chi connectivity index (χ2n) is 1.92. The summed E-state index contributed by atoms with van der Waals surface area (Å²) in [5.74, 6) is -0.892. The van der Waals surface area contributed by atoms with Gasteiger partial charge in [0.15, 0.2) is 0 Å². The standard InChI is InChI=1S/C6H9BO4/c1-4(8)3-6(9)5(2)7(10)11/h3,8-11H,1-2H2/b6-3+. The highest BCUT2D eigenvalue weighted by Gasteiger charge is 2.15. The average Bonchev–Trinajstić information content (AvgIpc) is 1.84. The minimum Gasteiger partial charge on any atom is -0.508 e. The van der Waals surface area contributed by atoms with Crippen molar-refractivity contribution in [3.63, 3.8) is 0 Å². The second-order valence-corrected chi connectivity index (χ2v) is 1.92. The molecule has 0 saturated carbocycles. The van der Waals surface area contributed by atoms with Crippen molar-refractivity contribution in [3.8, 4) is 0 Å². The Hall–Kier alpha value is -1.20. The normalized spacial score (nSPS) is 10.9. The van der Waals surface area contributed by atoms with Crippen molar-refractivity contribution in [2.75, 3.05) is 0 Å². The molecule has 0 fully saturated rings. The Labute approximate surface area is 64.6 Å². The van der Waals surface area contributed by atoms with Gasteiger partial charge in [0, 0.05) is 11.5 Å². The molecule has 0 amide bonds. The smallest absolute Gasteiger partial charge is 0.491 e. The van der Waals surface area contributed by atoms with Crippen molar-refractivity contribution in [2.45, 2.75) is 0 Å². The van der Waals surface area contributed by atoms with Gasteiger partial charge in [0.1, 0.15) is 11.5 Å². The average molecular weight is 156 g/mol. The van der Waals surface area contributed by atoms with Gasteiger partial charge in [0.05, 0.1) is 0 Å². The lowest BCUT2D eigenvalue weighted by Crippen LogP contribution is -2.16. The van der Waals surface area contributed by atoms with Crippen LogP contribution >= 0.6 is 0 Å². The summed E-state index contributed by atoms with van der Waals surface area (Å²) in [5, 5.41) is 34.3. The summed E-state index contributed by atoms with van der Waals surface area (Å²) >= 11 is 0. The van der Waals surface area contributed by atoms with Crippen LogP contribution in [0.5, 0.6) is 0 Å². The fraction of sp³-hybridized carbons (Fsp3) is 0. The van der Waals surface area contributed by atoms with Crippen molar-refractivity contribution >= 4 is 7.12 Å². The molecule has 5 heteroatoms. The molecule has 0 heterocycles. The number of hydrogen-bond acceptors (Lipinski definition) is 4. The number of rotatable bonds is 3. The van der Waals surface area contributed by atoms with Gasteiger partial charge in [-0.3, -0.25) is 0 Å². The fourth-order valence-electron chi connectivity index (χ4n) is 0.383. The van der Waals surface area contributed by atoms with Gasteiger partial charge < -0.3 is 20.3 Å². The molecule has 0 unspecified atom stereocenters. The Balaban J connectivity index is 4.36. The first-order valence-corrected chi connectivity index (χ1v) is 2.79. The highest BCUT2D eigenvalue weighted by molar-refractivity contribution is 6.51. The predicted octanol–water partition coefficient (Wildman–Crippen LogP) is 0.0682. The van der Waals surface area contributed by atoms with Crippen LogP contribution in [0.1, 0.15) is 0 Å². The Bertz CT molecular complexity index is 207. The van der Waals surface area contributed by atoms with Crippen LogP contribution in [0, 0.1) is 0 Å². The van der Waals surface area contributed by atoms with Crippen LogP contribution in [-0.4, -0.2) is 27.4 Å². The van der Waals surface area contributed by atoms with E-state index in [0.717, 1.165) is 6.08 Å². The Morgan fingerprint density at radius 2 is 1.64 bits per heavy atom. The molecule has 0 spiro atoms. The van der Waals surface area contributed by atoms with Crippen LogP contribution in [-0.2, 0) is 0 Å². The summed E-state index contributed by atoms with van der Waals surface area (Å²) in [6, 6.07) is 0. The Morgan fingerprint density at radius 1 is 1.18 bits per heavy atom. The van der Waals surface area contributed by atoms with Gasteiger partial charge in [-0.2, -0.15) is 0 Å². The van der Waals surface area contributed by atoms with E-state index in [-0.39, 0.29) is 11.2 Å². The van der Waals surface area contributed by atoms with Crippen molar-refractivity contribution in [2.24, 2.45) is 0 Å². The lowest BCUT2D eigenvalue weighted by molar-refractivity contribution is 0.385. The molecule has 0 aromatic carbocycles. The summed E-state index contributed by atoms with van der Waals surface area (Å²) in [6.07, 6.45) is 0.863. The monoisotopic (exact) mass is 156 g/mol. The number of aliphatic hydroxyl groups is 2. The van der Waals surface area contributed by atoms with Gasteiger partial charge >= 0.3 is 7.12 Å². The van der Waals surface area contributed by atoms with Crippen LogP contribution in [0.4, 0.5) is 0 Å². The molecule has 4 N–H and O–H groups in total. The molecule has 0 atom stereocenters. The van der Waals surface area contributed by atoms with Crippen molar-refractivity contribution in [1.82, 2.24) is 0 Å². The molecule has 0 aromatic rings. The first kappa shape index (κ1) is 9.80. The zero-order valence-corrected chi connectivity index (χ0v) is 5.86. The van der Waals surface area contributed by atoms with Crippen LogP contribution in [0.2, 0.25) is 0 Å². The van der Waals surface area contributed by atoms with Gasteiger partial charge in [-0.05, 0) is 0 Å². The second kappa shape index (κ2) is 3.85. The van der Waals surface area contributed by atoms with E-state index in [2.05, 4.69) is 13.2 Å². The summed E-state index contributed by atoms with van der Waals surface area (Å²) in [6.45, 7) is 6.19. The third-order valence-corrected chi connectivity index (χ3v) is 0.944. The molecule has 0 rings (SSSR count). The fourth-order valence-corrected chi connectivity index (χ4v) is 0.383. The third-order valence-electron chi connectivity index (χ3n) is 0.944. The zero-order chi connectivity index (χ0) is 9.02.